The van der Waals surface area contributed by atoms with Crippen LogP contribution in [0.2, 0.25) is 0 Å². The van der Waals surface area contributed by atoms with Gasteiger partial charge in [0, 0.05) is 11.6 Å². The number of hydrogen-bond acceptors (Lipinski definition) is 4. The predicted molar refractivity (Wildman–Crippen MR) is 80.6 cm³/mol. The molecule has 0 fully saturated rings. The molecule has 3 rings (SSSR count). The Morgan fingerprint density at radius 1 is 1.25 bits per heavy atom. The molecule has 1 N–H and O–H groups in total. The molecular formula is C14H14N2O2S2. The average molecular weight is 306 g/mol. The predicted octanol–water partition coefficient (Wildman–Crippen LogP) is 2.55. The number of allylic oxidation sites excluding steroid dienone is 1. The van der Waals surface area contributed by atoms with Gasteiger partial charge in [0.1, 0.15) is 5.01 Å². The van der Waals surface area contributed by atoms with Crippen molar-refractivity contribution in [1.82, 2.24) is 9.71 Å². The highest BCUT2D eigenvalue weighted by atomic mass is 32.2. The molecule has 1 heterocycles. The summed E-state index contributed by atoms with van der Waals surface area (Å²) in [6, 6.07) is 7.89. The Labute approximate surface area is 122 Å². The summed E-state index contributed by atoms with van der Waals surface area (Å²) in [5.74, 6) is 0. The first-order valence-corrected chi connectivity index (χ1v) is 8.68. The second-order valence-corrected chi connectivity index (χ2v) is 7.36. The van der Waals surface area contributed by atoms with E-state index in [0.29, 0.717) is 11.3 Å². The second-order valence-electron chi connectivity index (χ2n) is 4.56. The molecule has 0 unspecified atom stereocenters. The van der Waals surface area contributed by atoms with Crippen LogP contribution in [0.1, 0.15) is 22.6 Å². The molecule has 0 atom stereocenters. The zero-order valence-corrected chi connectivity index (χ0v) is 12.4. The summed E-state index contributed by atoms with van der Waals surface area (Å²) in [5.41, 5.74) is 2.19. The van der Waals surface area contributed by atoms with Crippen LogP contribution >= 0.6 is 11.3 Å². The number of aryl methyl sites for hydroxylation is 1. The molecule has 0 radical (unpaired) electrons. The molecule has 4 nitrogen and oxygen atoms in total. The van der Waals surface area contributed by atoms with Gasteiger partial charge in [-0.05, 0) is 30.0 Å². The van der Waals surface area contributed by atoms with Crippen LogP contribution in [-0.4, -0.2) is 13.4 Å². The van der Waals surface area contributed by atoms with Gasteiger partial charge in [-0.3, -0.25) is 0 Å². The lowest BCUT2D eigenvalue weighted by Gasteiger charge is -2.16. The third-order valence-electron chi connectivity index (χ3n) is 3.25. The summed E-state index contributed by atoms with van der Waals surface area (Å²) in [4.78, 5) is 4.52. The first kappa shape index (κ1) is 13.5. The largest absolute Gasteiger partial charge is 0.248 e. The number of hydrogen-bond donors (Lipinski definition) is 1. The number of aromatic nitrogens is 1. The third-order valence-corrected chi connectivity index (χ3v) is 5.57. The van der Waals surface area contributed by atoms with Crippen LogP contribution < -0.4 is 4.72 Å². The summed E-state index contributed by atoms with van der Waals surface area (Å²) in [5, 5.41) is 2.60. The van der Waals surface area contributed by atoms with E-state index in [1.165, 1.54) is 16.9 Å². The molecule has 0 saturated carbocycles. The lowest BCUT2D eigenvalue weighted by Crippen LogP contribution is -2.25. The number of nitrogens with one attached hydrogen (secondary N) is 1. The number of benzene rings is 1. The lowest BCUT2D eigenvalue weighted by atomic mass is 9.98. The smallest absolute Gasteiger partial charge is 0.237 e. The fourth-order valence-electron chi connectivity index (χ4n) is 2.21. The van der Waals surface area contributed by atoms with Crippen molar-refractivity contribution in [3.8, 4) is 0 Å². The highest BCUT2D eigenvalue weighted by Crippen LogP contribution is 2.26. The van der Waals surface area contributed by atoms with Crippen LogP contribution in [0.15, 0.2) is 40.7 Å². The minimum Gasteiger partial charge on any atom is -0.248 e. The molecule has 20 heavy (non-hydrogen) atoms. The fourth-order valence-corrected chi connectivity index (χ4v) is 4.02. The van der Waals surface area contributed by atoms with Gasteiger partial charge < -0.3 is 0 Å². The zero-order valence-electron chi connectivity index (χ0n) is 10.7. The Kier molecular flexibility index (Phi) is 3.69. The summed E-state index contributed by atoms with van der Waals surface area (Å²) < 4.78 is 27.2. The minimum absolute atomic E-state index is 0.249. The number of thiazole rings is 1. The SMILES string of the molecule is O=S(=O)(NCc1nccs1)C1=Cc2ccccc2CC1. The number of nitrogens with zero attached hydrogens (tertiary/aromatic N) is 1. The van der Waals surface area contributed by atoms with E-state index in [-0.39, 0.29) is 6.54 Å². The average Bonchev–Trinajstić information content (AvgIpc) is 2.98. The van der Waals surface area contributed by atoms with E-state index in [4.69, 9.17) is 0 Å². The van der Waals surface area contributed by atoms with Gasteiger partial charge in [-0.2, -0.15) is 0 Å². The minimum atomic E-state index is -3.42. The highest BCUT2D eigenvalue weighted by molar-refractivity contribution is 7.93. The van der Waals surface area contributed by atoms with E-state index >= 15 is 0 Å². The van der Waals surface area contributed by atoms with Gasteiger partial charge in [0.05, 0.1) is 11.4 Å². The standard InChI is InChI=1S/C14H14N2O2S2/c17-20(18,16-10-14-15-7-8-19-14)13-6-5-11-3-1-2-4-12(11)9-13/h1-4,7-9,16H,5-6,10H2. The van der Waals surface area contributed by atoms with E-state index in [9.17, 15) is 8.42 Å². The van der Waals surface area contributed by atoms with Crippen molar-refractivity contribution in [2.24, 2.45) is 0 Å². The normalized spacial score (nSPS) is 14.7. The molecule has 0 spiro atoms. The van der Waals surface area contributed by atoms with Crippen molar-refractivity contribution in [3.05, 3.63) is 56.9 Å². The number of rotatable bonds is 4. The Balaban J connectivity index is 1.80. The first-order valence-electron chi connectivity index (χ1n) is 6.32. The van der Waals surface area contributed by atoms with E-state index < -0.39 is 10.0 Å². The van der Waals surface area contributed by atoms with Crippen LogP contribution in [0.3, 0.4) is 0 Å². The van der Waals surface area contributed by atoms with E-state index in [2.05, 4.69) is 9.71 Å². The van der Waals surface area contributed by atoms with Crippen molar-refractivity contribution in [3.63, 3.8) is 0 Å². The van der Waals surface area contributed by atoms with Crippen LogP contribution in [0.5, 0.6) is 0 Å². The van der Waals surface area contributed by atoms with Gasteiger partial charge in [-0.25, -0.2) is 18.1 Å². The summed E-state index contributed by atoms with van der Waals surface area (Å²) >= 11 is 1.44. The Morgan fingerprint density at radius 2 is 2.10 bits per heavy atom. The Morgan fingerprint density at radius 3 is 2.90 bits per heavy atom. The van der Waals surface area contributed by atoms with Gasteiger partial charge in [0.15, 0.2) is 0 Å². The lowest BCUT2D eigenvalue weighted by molar-refractivity contribution is 0.585. The van der Waals surface area contributed by atoms with Crippen molar-refractivity contribution in [2.75, 3.05) is 0 Å². The van der Waals surface area contributed by atoms with Crippen LogP contribution in [-0.2, 0) is 23.0 Å². The molecule has 0 saturated heterocycles. The maximum Gasteiger partial charge on any atom is 0.237 e. The topological polar surface area (TPSA) is 59.1 Å². The van der Waals surface area contributed by atoms with E-state index in [0.717, 1.165) is 17.0 Å². The summed E-state index contributed by atoms with van der Waals surface area (Å²) in [6.45, 7) is 0.249. The first-order chi connectivity index (χ1) is 9.65. The number of sulfonamides is 1. The Hall–Kier alpha value is -1.50. The molecule has 1 aromatic carbocycles. The fraction of sp³-hybridized carbons (Fsp3) is 0.214. The number of fused-ring (bicyclic) bond motifs is 1. The molecule has 1 aliphatic rings. The molecule has 2 aromatic rings. The van der Waals surface area contributed by atoms with E-state index in [1.54, 1.807) is 12.3 Å². The molecular weight excluding hydrogens is 292 g/mol. The highest BCUT2D eigenvalue weighted by Gasteiger charge is 2.21. The van der Waals surface area contributed by atoms with Crippen LogP contribution in [0, 0.1) is 0 Å². The van der Waals surface area contributed by atoms with Gasteiger partial charge in [-0.15, -0.1) is 11.3 Å². The van der Waals surface area contributed by atoms with E-state index in [1.807, 2.05) is 29.6 Å². The van der Waals surface area contributed by atoms with Crippen molar-refractivity contribution in [1.29, 1.82) is 0 Å². The molecule has 0 amide bonds. The van der Waals surface area contributed by atoms with Crippen molar-refractivity contribution >= 4 is 27.4 Å². The molecule has 1 aliphatic carbocycles. The van der Waals surface area contributed by atoms with Gasteiger partial charge >= 0.3 is 0 Å². The van der Waals surface area contributed by atoms with Crippen molar-refractivity contribution in [2.45, 2.75) is 19.4 Å². The maximum atomic E-state index is 12.3. The van der Waals surface area contributed by atoms with Gasteiger partial charge in [0.2, 0.25) is 10.0 Å². The molecule has 6 heteroatoms. The molecule has 1 aromatic heterocycles. The summed E-state index contributed by atoms with van der Waals surface area (Å²) in [7, 11) is -3.42. The summed E-state index contributed by atoms with van der Waals surface area (Å²) in [6.07, 6.45) is 4.75. The third kappa shape index (κ3) is 2.82. The zero-order chi connectivity index (χ0) is 14.0. The molecule has 104 valence electrons. The maximum absolute atomic E-state index is 12.3. The second kappa shape index (κ2) is 5.47. The van der Waals surface area contributed by atoms with Gasteiger partial charge in [0.25, 0.3) is 0 Å². The van der Waals surface area contributed by atoms with Crippen LogP contribution in [0.25, 0.3) is 6.08 Å². The molecule has 0 aliphatic heterocycles. The van der Waals surface area contributed by atoms with Gasteiger partial charge in [-0.1, -0.05) is 24.3 Å². The van der Waals surface area contributed by atoms with Crippen molar-refractivity contribution < 1.29 is 8.42 Å². The quantitative estimate of drug-likeness (QED) is 0.944. The Bertz CT molecular complexity index is 734. The molecule has 0 bridgehead atoms. The van der Waals surface area contributed by atoms with Crippen LogP contribution in [0.4, 0.5) is 0 Å². The monoisotopic (exact) mass is 306 g/mol.